The van der Waals surface area contributed by atoms with E-state index >= 15 is 0 Å². The average Bonchev–Trinajstić information content (AvgIpc) is 3.01. The van der Waals surface area contributed by atoms with Gasteiger partial charge >= 0.3 is 6.03 Å². The molecule has 142 valence electrons. The topological polar surface area (TPSA) is 58.1 Å². The minimum Gasteiger partial charge on any atom is -0.341 e. The summed E-state index contributed by atoms with van der Waals surface area (Å²) in [6.07, 6.45) is 2.02. The molecule has 2 atom stereocenters. The predicted molar refractivity (Wildman–Crippen MR) is 102 cm³/mol. The molecule has 27 heavy (non-hydrogen) atoms. The van der Waals surface area contributed by atoms with Crippen molar-refractivity contribution in [2.24, 2.45) is 5.41 Å². The summed E-state index contributed by atoms with van der Waals surface area (Å²) in [5, 5.41) is 11.7. The molecule has 2 aliphatic carbocycles. The van der Waals surface area contributed by atoms with Crippen LogP contribution >= 0.6 is 0 Å². The minimum atomic E-state index is -0.289. The van der Waals surface area contributed by atoms with E-state index in [1.807, 2.05) is 19.2 Å². The third kappa shape index (κ3) is 2.38. The van der Waals surface area contributed by atoms with E-state index < -0.39 is 0 Å². The molecule has 2 unspecified atom stereocenters. The number of rotatable bonds is 3. The summed E-state index contributed by atoms with van der Waals surface area (Å²) in [6, 6.07) is 8.57. The van der Waals surface area contributed by atoms with E-state index in [-0.39, 0.29) is 22.7 Å². The fourth-order valence-electron chi connectivity index (χ4n) is 5.24. The lowest BCUT2D eigenvalue weighted by atomic mass is 9.68. The number of nitrogens with one attached hydrogen (secondary N) is 1. The number of carbonyl (C=O) groups excluding carboxylic acids is 1. The number of hydrogen-bond acceptors (Lipinski definition) is 3. The minimum absolute atomic E-state index is 0.0415. The lowest BCUT2D eigenvalue weighted by Crippen LogP contribution is -2.49. The van der Waals surface area contributed by atoms with Crippen LogP contribution < -0.4 is 5.32 Å². The van der Waals surface area contributed by atoms with Crippen LogP contribution in [0.15, 0.2) is 30.3 Å². The SMILES string of the molecule is CNC(=O)N(C)CC12CCC(c3cc(-c4ccccc4F)nnc31)C2(C)C. The molecule has 2 aromatic rings. The van der Waals surface area contributed by atoms with Gasteiger partial charge in [-0.25, -0.2) is 9.18 Å². The van der Waals surface area contributed by atoms with Crippen LogP contribution in [0.2, 0.25) is 0 Å². The van der Waals surface area contributed by atoms with Gasteiger partial charge in [0.1, 0.15) is 5.82 Å². The van der Waals surface area contributed by atoms with Crippen molar-refractivity contribution in [3.63, 3.8) is 0 Å². The highest BCUT2D eigenvalue weighted by molar-refractivity contribution is 5.74. The molecule has 2 aliphatic rings. The summed E-state index contributed by atoms with van der Waals surface area (Å²) < 4.78 is 14.2. The van der Waals surface area contributed by atoms with Crippen molar-refractivity contribution in [2.75, 3.05) is 20.6 Å². The number of carbonyl (C=O) groups is 1. The van der Waals surface area contributed by atoms with Gasteiger partial charge in [0.15, 0.2) is 0 Å². The Balaban J connectivity index is 1.80. The number of hydrogen-bond donors (Lipinski definition) is 1. The highest BCUT2D eigenvalue weighted by atomic mass is 19.1. The Labute approximate surface area is 159 Å². The maximum atomic E-state index is 14.2. The fourth-order valence-corrected chi connectivity index (χ4v) is 5.24. The van der Waals surface area contributed by atoms with Gasteiger partial charge in [-0.1, -0.05) is 26.0 Å². The van der Waals surface area contributed by atoms with Gasteiger partial charge in [0.05, 0.1) is 11.4 Å². The lowest BCUT2D eigenvalue weighted by molar-refractivity contribution is 0.146. The Bertz CT molecular complexity index is 913. The Morgan fingerprint density at radius 3 is 2.78 bits per heavy atom. The molecular weight excluding hydrogens is 343 g/mol. The van der Waals surface area contributed by atoms with Crippen molar-refractivity contribution < 1.29 is 9.18 Å². The summed E-state index contributed by atoms with van der Waals surface area (Å²) >= 11 is 0. The second-order valence-electron chi connectivity index (χ2n) is 8.32. The lowest BCUT2D eigenvalue weighted by Gasteiger charge is -2.40. The van der Waals surface area contributed by atoms with E-state index in [1.54, 1.807) is 24.1 Å². The van der Waals surface area contributed by atoms with Gasteiger partial charge in [0, 0.05) is 31.6 Å². The molecule has 1 fully saturated rings. The van der Waals surface area contributed by atoms with E-state index in [9.17, 15) is 9.18 Å². The Hall–Kier alpha value is -2.50. The Morgan fingerprint density at radius 2 is 2.07 bits per heavy atom. The van der Waals surface area contributed by atoms with Crippen molar-refractivity contribution in [2.45, 2.75) is 38.0 Å². The number of likely N-dealkylation sites (N-methyl/N-ethyl adjacent to an activating group) is 1. The summed E-state index contributed by atoms with van der Waals surface area (Å²) in [4.78, 5) is 13.8. The molecule has 1 saturated carbocycles. The van der Waals surface area contributed by atoms with Crippen molar-refractivity contribution in [3.05, 3.63) is 47.4 Å². The quantitative estimate of drug-likeness (QED) is 0.898. The van der Waals surface area contributed by atoms with E-state index in [0.717, 1.165) is 24.1 Å². The number of aromatic nitrogens is 2. The summed E-state index contributed by atoms with van der Waals surface area (Å²) in [7, 11) is 3.46. The van der Waals surface area contributed by atoms with Crippen LogP contribution in [-0.2, 0) is 5.41 Å². The molecule has 4 rings (SSSR count). The zero-order valence-corrected chi connectivity index (χ0v) is 16.2. The number of benzene rings is 1. The van der Waals surface area contributed by atoms with Gasteiger partial charge < -0.3 is 10.2 Å². The predicted octanol–water partition coefficient (Wildman–Crippen LogP) is 3.71. The molecule has 0 saturated heterocycles. The van der Waals surface area contributed by atoms with Crippen molar-refractivity contribution in [1.29, 1.82) is 0 Å². The first-order valence-corrected chi connectivity index (χ1v) is 9.37. The Kier molecular flexibility index (Phi) is 3.98. The van der Waals surface area contributed by atoms with Crippen molar-refractivity contribution in [3.8, 4) is 11.3 Å². The molecule has 2 bridgehead atoms. The average molecular weight is 368 g/mol. The molecule has 1 N–H and O–H groups in total. The summed E-state index contributed by atoms with van der Waals surface area (Å²) in [6.45, 7) is 5.11. The standard InChI is InChI=1S/C21H25FN4O/c1-20(2)15-9-10-21(20,12-26(4)19(27)23-3)18-14(15)11-17(24-25-18)13-7-5-6-8-16(13)22/h5-8,11,15H,9-10,12H2,1-4H3,(H,23,27). The van der Waals surface area contributed by atoms with Crippen molar-refractivity contribution in [1.82, 2.24) is 20.4 Å². The molecule has 0 aliphatic heterocycles. The van der Waals surface area contributed by atoms with Crippen molar-refractivity contribution >= 4 is 6.03 Å². The van der Waals surface area contributed by atoms with E-state index in [1.165, 1.54) is 6.07 Å². The largest absolute Gasteiger partial charge is 0.341 e. The third-order valence-electron chi connectivity index (χ3n) is 6.83. The summed E-state index contributed by atoms with van der Waals surface area (Å²) in [5.74, 6) is 0.0508. The molecule has 1 heterocycles. The van der Waals surface area contributed by atoms with Gasteiger partial charge in [-0.05, 0) is 47.9 Å². The normalized spacial score (nSPS) is 24.6. The molecular formula is C21H25FN4O. The number of nitrogens with zero attached hydrogens (tertiary/aromatic N) is 3. The molecule has 0 spiro atoms. The maximum Gasteiger partial charge on any atom is 0.316 e. The highest BCUT2D eigenvalue weighted by Gasteiger charge is 2.63. The number of amides is 2. The molecule has 1 aromatic heterocycles. The molecule has 1 aromatic carbocycles. The second-order valence-corrected chi connectivity index (χ2v) is 8.32. The fraction of sp³-hybridized carbons (Fsp3) is 0.476. The van der Waals surface area contributed by atoms with E-state index in [4.69, 9.17) is 0 Å². The number of halogens is 1. The Morgan fingerprint density at radius 1 is 1.33 bits per heavy atom. The van der Waals surface area contributed by atoms with Crippen LogP contribution in [0.3, 0.4) is 0 Å². The molecule has 5 nitrogen and oxygen atoms in total. The van der Waals surface area contributed by atoms with Crippen LogP contribution in [0.25, 0.3) is 11.3 Å². The van der Waals surface area contributed by atoms with Crippen LogP contribution in [-0.4, -0.2) is 41.8 Å². The third-order valence-corrected chi connectivity index (χ3v) is 6.83. The number of fused-ring (bicyclic) bond motifs is 5. The van der Waals surface area contributed by atoms with Gasteiger partial charge in [-0.15, -0.1) is 0 Å². The number of urea groups is 1. The van der Waals surface area contributed by atoms with E-state index in [0.29, 0.717) is 23.7 Å². The first kappa shape index (κ1) is 17.9. The smallest absolute Gasteiger partial charge is 0.316 e. The van der Waals surface area contributed by atoms with Crippen LogP contribution in [0.1, 0.15) is 43.9 Å². The summed E-state index contributed by atoms with van der Waals surface area (Å²) in [5.41, 5.74) is 2.91. The first-order chi connectivity index (χ1) is 12.8. The zero-order valence-electron chi connectivity index (χ0n) is 16.2. The highest BCUT2D eigenvalue weighted by Crippen LogP contribution is 2.67. The molecule has 2 amide bonds. The van der Waals surface area contributed by atoms with Crippen LogP contribution in [0.5, 0.6) is 0 Å². The van der Waals surface area contributed by atoms with Gasteiger partial charge in [-0.2, -0.15) is 10.2 Å². The monoisotopic (exact) mass is 368 g/mol. The molecule has 0 radical (unpaired) electrons. The maximum absolute atomic E-state index is 14.2. The van der Waals surface area contributed by atoms with E-state index in [2.05, 4.69) is 29.4 Å². The first-order valence-electron chi connectivity index (χ1n) is 9.37. The zero-order chi connectivity index (χ0) is 19.4. The van der Waals surface area contributed by atoms with Gasteiger partial charge in [-0.3, -0.25) is 0 Å². The van der Waals surface area contributed by atoms with Crippen LogP contribution in [0.4, 0.5) is 9.18 Å². The second kappa shape index (κ2) is 6.01. The molecule has 6 heteroatoms. The van der Waals surface area contributed by atoms with Gasteiger partial charge in [0.2, 0.25) is 0 Å². The van der Waals surface area contributed by atoms with Crippen LogP contribution in [0, 0.1) is 11.2 Å². The van der Waals surface area contributed by atoms with Gasteiger partial charge in [0.25, 0.3) is 0 Å².